The highest BCUT2D eigenvalue weighted by molar-refractivity contribution is 5.96. The first-order valence-corrected chi connectivity index (χ1v) is 20.3. The number of benzene rings is 3. The molecule has 3 aromatic carbocycles. The molecule has 1 heterocycles. The van der Waals surface area contributed by atoms with Crippen molar-refractivity contribution in [3.8, 4) is 11.5 Å². The highest BCUT2D eigenvalue weighted by atomic mass is 16.3. The Hall–Kier alpha value is -6.53. The van der Waals surface area contributed by atoms with Crippen molar-refractivity contribution >= 4 is 41.4 Å². The molecule has 7 amide bonds. The van der Waals surface area contributed by atoms with Gasteiger partial charge in [-0.1, -0.05) is 54.6 Å². The number of rotatable bonds is 23. The Kier molecular flexibility index (Phi) is 18.5. The van der Waals surface area contributed by atoms with E-state index >= 15 is 0 Å². The van der Waals surface area contributed by atoms with Gasteiger partial charge in [0.25, 0.3) is 0 Å². The van der Waals surface area contributed by atoms with E-state index in [1.54, 1.807) is 54.6 Å². The summed E-state index contributed by atoms with van der Waals surface area (Å²) in [6.45, 7) is -0.809. The molecule has 4 rings (SSSR count). The van der Waals surface area contributed by atoms with Gasteiger partial charge in [-0.25, -0.2) is 0 Å². The SMILES string of the molecule is NCCCC[C@H](NC(=O)CCc1ccc(O)cc1)C(=O)N[C@@H](Cc1ccccc1)C(=O)NCC(=O)N[C@@H](Cc1ccc(O)cc1)C(=O)N1CCC[C@H]1C(=O)N[C@@H](CO)C(N)=O. The lowest BCUT2D eigenvalue weighted by molar-refractivity contribution is -0.142. The quantitative estimate of drug-likeness (QED) is 0.0526. The number of aliphatic hydroxyl groups excluding tert-OH is 1. The number of likely N-dealkylation sites (tertiary alicyclic amines) is 1. The van der Waals surface area contributed by atoms with E-state index in [-0.39, 0.29) is 56.1 Å². The van der Waals surface area contributed by atoms with E-state index < -0.39 is 78.8 Å². The molecule has 61 heavy (non-hydrogen) atoms. The van der Waals surface area contributed by atoms with Crippen molar-refractivity contribution in [2.45, 2.75) is 88.0 Å². The molecule has 328 valence electrons. The lowest BCUT2D eigenvalue weighted by Gasteiger charge is -2.29. The van der Waals surface area contributed by atoms with E-state index in [1.165, 1.54) is 29.2 Å². The number of amides is 7. The van der Waals surface area contributed by atoms with Crippen LogP contribution in [-0.2, 0) is 52.8 Å². The number of phenolic OH excluding ortho intramolecular Hbond substituents is 2. The summed E-state index contributed by atoms with van der Waals surface area (Å²) in [5.74, 6) is -4.67. The third kappa shape index (κ3) is 15.2. The van der Waals surface area contributed by atoms with Crippen molar-refractivity contribution in [3.05, 3.63) is 95.6 Å². The number of carbonyl (C=O) groups excluding carboxylic acids is 7. The molecule has 0 aromatic heterocycles. The Labute approximate surface area is 353 Å². The van der Waals surface area contributed by atoms with Gasteiger partial charge in [0.05, 0.1) is 13.2 Å². The number of aromatic hydroxyl groups is 2. The molecule has 12 N–H and O–H groups in total. The second-order valence-electron chi connectivity index (χ2n) is 14.9. The Morgan fingerprint density at radius 2 is 1.30 bits per heavy atom. The first kappa shape index (κ1) is 47.2. The molecule has 3 aromatic rings. The van der Waals surface area contributed by atoms with Crippen molar-refractivity contribution in [2.75, 3.05) is 26.2 Å². The van der Waals surface area contributed by atoms with Crippen molar-refractivity contribution in [1.29, 1.82) is 0 Å². The summed E-state index contributed by atoms with van der Waals surface area (Å²) in [5.41, 5.74) is 13.0. The number of nitrogens with zero attached hydrogens (tertiary/aromatic N) is 1. The standard InChI is InChI=1S/C43H56N8O10/c44-21-5-4-9-32(47-37(55)20-15-27-11-16-30(53)17-12-27)41(59)49-33(23-28-7-2-1-3-8-28)40(58)46-25-38(56)48-34(24-29-13-18-31(54)19-14-29)43(61)51-22-6-10-36(51)42(60)50-35(26-52)39(45)57/h1-3,7-8,11-14,16-19,32-36,52-54H,4-6,9-10,15,20-26,44H2,(H2,45,57)(H,46,58)(H,47,55)(H,48,56)(H,49,59)(H,50,60)/t32-,33-,34-,35-,36-/m0/s1. The normalized spacial score (nSPS) is 15.4. The summed E-state index contributed by atoms with van der Waals surface area (Å²) in [7, 11) is 0. The van der Waals surface area contributed by atoms with Crippen LogP contribution in [-0.4, -0.2) is 118 Å². The van der Waals surface area contributed by atoms with Crippen LogP contribution in [0.5, 0.6) is 11.5 Å². The number of unbranched alkanes of at least 4 members (excludes halogenated alkanes) is 1. The number of primary amides is 1. The fraction of sp³-hybridized carbons (Fsp3) is 0.419. The van der Waals surface area contributed by atoms with Crippen LogP contribution >= 0.6 is 0 Å². The van der Waals surface area contributed by atoms with E-state index in [9.17, 15) is 48.9 Å². The second kappa shape index (κ2) is 23.9. The monoisotopic (exact) mass is 844 g/mol. The number of hydrogen-bond donors (Lipinski definition) is 10. The van der Waals surface area contributed by atoms with Gasteiger partial charge < -0.3 is 58.3 Å². The molecule has 18 nitrogen and oxygen atoms in total. The summed E-state index contributed by atoms with van der Waals surface area (Å²) < 4.78 is 0. The highest BCUT2D eigenvalue weighted by Gasteiger charge is 2.39. The van der Waals surface area contributed by atoms with Crippen molar-refractivity contribution in [1.82, 2.24) is 31.5 Å². The average Bonchev–Trinajstić information content (AvgIpc) is 3.75. The van der Waals surface area contributed by atoms with Crippen LogP contribution in [0, 0.1) is 0 Å². The zero-order chi connectivity index (χ0) is 44.3. The van der Waals surface area contributed by atoms with E-state index in [0.29, 0.717) is 43.4 Å². The maximum atomic E-state index is 14.0. The van der Waals surface area contributed by atoms with Gasteiger partial charge >= 0.3 is 0 Å². The third-order valence-corrected chi connectivity index (χ3v) is 10.2. The number of hydrogen-bond acceptors (Lipinski definition) is 11. The van der Waals surface area contributed by atoms with Crippen molar-refractivity contribution < 1.29 is 48.9 Å². The molecule has 1 fully saturated rings. The average molecular weight is 845 g/mol. The van der Waals surface area contributed by atoms with Crippen LogP contribution in [0.15, 0.2) is 78.9 Å². The van der Waals surface area contributed by atoms with Gasteiger partial charge in [-0.3, -0.25) is 33.6 Å². The summed E-state index contributed by atoms with van der Waals surface area (Å²) >= 11 is 0. The van der Waals surface area contributed by atoms with Gasteiger partial charge in [0.15, 0.2) is 0 Å². The first-order valence-electron chi connectivity index (χ1n) is 20.3. The van der Waals surface area contributed by atoms with Gasteiger partial charge in [0, 0.05) is 25.8 Å². The predicted molar refractivity (Wildman–Crippen MR) is 223 cm³/mol. The summed E-state index contributed by atoms with van der Waals surface area (Å²) in [5, 5.41) is 42.0. The molecule has 1 aliphatic heterocycles. The summed E-state index contributed by atoms with van der Waals surface area (Å²) in [6, 6.07) is 15.5. The number of nitrogens with one attached hydrogen (secondary N) is 5. The Morgan fingerprint density at radius 1 is 0.689 bits per heavy atom. The number of phenols is 2. The van der Waals surface area contributed by atoms with Gasteiger partial charge in [0.2, 0.25) is 41.4 Å². The number of aliphatic hydroxyl groups is 1. The largest absolute Gasteiger partial charge is 0.508 e. The molecule has 0 unspecified atom stereocenters. The van der Waals surface area contributed by atoms with E-state index in [2.05, 4.69) is 26.6 Å². The minimum atomic E-state index is -1.36. The smallest absolute Gasteiger partial charge is 0.246 e. The van der Waals surface area contributed by atoms with Crippen molar-refractivity contribution in [2.24, 2.45) is 11.5 Å². The number of aryl methyl sites for hydroxylation is 1. The zero-order valence-electron chi connectivity index (χ0n) is 33.9. The molecule has 0 spiro atoms. The van der Waals surface area contributed by atoms with Crippen LogP contribution in [0.25, 0.3) is 0 Å². The maximum absolute atomic E-state index is 14.0. The molecule has 0 bridgehead atoms. The van der Waals surface area contributed by atoms with Gasteiger partial charge in [-0.15, -0.1) is 0 Å². The molecule has 18 heteroatoms. The summed E-state index contributed by atoms with van der Waals surface area (Å²) in [6.07, 6.45) is 2.46. The molecule has 1 saturated heterocycles. The maximum Gasteiger partial charge on any atom is 0.246 e. The third-order valence-electron chi connectivity index (χ3n) is 10.2. The zero-order valence-corrected chi connectivity index (χ0v) is 33.9. The van der Waals surface area contributed by atoms with E-state index in [4.69, 9.17) is 11.5 Å². The van der Waals surface area contributed by atoms with Crippen molar-refractivity contribution in [3.63, 3.8) is 0 Å². The Morgan fingerprint density at radius 3 is 1.92 bits per heavy atom. The minimum absolute atomic E-state index is 0.0189. The Bertz CT molecular complexity index is 1950. The van der Waals surface area contributed by atoms with Crippen LogP contribution in [0.2, 0.25) is 0 Å². The molecule has 0 radical (unpaired) electrons. The molecular weight excluding hydrogens is 789 g/mol. The van der Waals surface area contributed by atoms with Gasteiger partial charge in [-0.05, 0) is 86.0 Å². The fourth-order valence-electron chi connectivity index (χ4n) is 6.86. The van der Waals surface area contributed by atoms with Gasteiger partial charge in [-0.2, -0.15) is 0 Å². The summed E-state index contributed by atoms with van der Waals surface area (Å²) in [4.78, 5) is 94.2. The fourth-order valence-corrected chi connectivity index (χ4v) is 6.86. The molecular formula is C43H56N8O10. The molecule has 0 aliphatic carbocycles. The van der Waals surface area contributed by atoms with E-state index in [1.807, 2.05) is 0 Å². The molecule has 0 saturated carbocycles. The second-order valence-corrected chi connectivity index (χ2v) is 14.9. The predicted octanol–water partition coefficient (Wildman–Crippen LogP) is -0.831. The lowest BCUT2D eigenvalue weighted by Crippen LogP contribution is -2.58. The molecule has 5 atom stereocenters. The van der Waals surface area contributed by atoms with E-state index in [0.717, 1.165) is 5.56 Å². The van der Waals surface area contributed by atoms with Crippen LogP contribution < -0.4 is 38.1 Å². The Balaban J connectivity index is 1.46. The number of nitrogens with two attached hydrogens (primary N) is 2. The van der Waals surface area contributed by atoms with Crippen LogP contribution in [0.4, 0.5) is 0 Å². The van der Waals surface area contributed by atoms with Gasteiger partial charge in [0.1, 0.15) is 41.7 Å². The molecule has 1 aliphatic rings. The lowest BCUT2D eigenvalue weighted by atomic mass is 10.0. The highest BCUT2D eigenvalue weighted by Crippen LogP contribution is 2.21. The van der Waals surface area contributed by atoms with Crippen LogP contribution in [0.3, 0.4) is 0 Å². The number of carbonyl (C=O) groups is 7. The minimum Gasteiger partial charge on any atom is -0.508 e. The first-order chi connectivity index (χ1) is 29.3. The van der Waals surface area contributed by atoms with Crippen LogP contribution in [0.1, 0.15) is 55.2 Å². The topological polar surface area (TPSA) is 296 Å².